The fourth-order valence-electron chi connectivity index (χ4n) is 4.49. The molecule has 3 rings (SSSR count). The largest absolute Gasteiger partial charge is 0.416 e. The van der Waals surface area contributed by atoms with Crippen LogP contribution in [0.2, 0.25) is 0 Å². The molecule has 0 aromatic heterocycles. The Morgan fingerprint density at radius 1 is 0.605 bits per heavy atom. The first-order valence-corrected chi connectivity index (χ1v) is 12.9. The van der Waals surface area contributed by atoms with E-state index in [9.17, 15) is 49.1 Å². The van der Waals surface area contributed by atoms with Crippen molar-refractivity contribution < 1.29 is 49.1 Å². The number of benzene rings is 3. The van der Waals surface area contributed by atoms with E-state index < -0.39 is 58.0 Å². The molecule has 0 radical (unpaired) electrons. The van der Waals surface area contributed by atoms with Crippen molar-refractivity contribution in [3.8, 4) is 0 Å². The molecule has 0 aliphatic heterocycles. The highest BCUT2D eigenvalue weighted by Crippen LogP contribution is 2.56. The SMILES string of the molecule is CC(C)NC(=O)c1ccc(C(c2ccc(C(=O)Nc3cc(C(C)C)cc(C(F)(F)F)c3)cc2)(C(F)(F)F)C(F)(F)F)cc1. The van der Waals surface area contributed by atoms with Crippen LogP contribution in [-0.2, 0) is 11.6 Å². The van der Waals surface area contributed by atoms with E-state index in [2.05, 4.69) is 10.6 Å². The van der Waals surface area contributed by atoms with Gasteiger partial charge in [0.25, 0.3) is 11.8 Å². The summed E-state index contributed by atoms with van der Waals surface area (Å²) in [5, 5.41) is 4.71. The van der Waals surface area contributed by atoms with Crippen molar-refractivity contribution in [1.29, 1.82) is 0 Å². The van der Waals surface area contributed by atoms with Crippen molar-refractivity contribution >= 4 is 17.5 Å². The number of carbonyl (C=O) groups excluding carboxylic acids is 2. The van der Waals surface area contributed by atoms with E-state index in [-0.39, 0.29) is 28.8 Å². The third-order valence-electron chi connectivity index (χ3n) is 6.64. The van der Waals surface area contributed by atoms with E-state index in [0.717, 1.165) is 30.3 Å². The summed E-state index contributed by atoms with van der Waals surface area (Å²) in [6.45, 7) is 6.50. The minimum atomic E-state index is -5.91. The number of carbonyl (C=O) groups is 2. The molecular formula is C30H27F9N2O2. The predicted molar refractivity (Wildman–Crippen MR) is 142 cm³/mol. The summed E-state index contributed by atoms with van der Waals surface area (Å²) in [4.78, 5) is 25.0. The molecule has 0 bridgehead atoms. The summed E-state index contributed by atoms with van der Waals surface area (Å²) < 4.78 is 127. The topological polar surface area (TPSA) is 58.2 Å². The quantitative estimate of drug-likeness (QED) is 0.261. The van der Waals surface area contributed by atoms with Gasteiger partial charge in [0.2, 0.25) is 5.41 Å². The van der Waals surface area contributed by atoms with E-state index in [1.54, 1.807) is 27.7 Å². The van der Waals surface area contributed by atoms with Gasteiger partial charge in [-0.3, -0.25) is 9.59 Å². The number of hydrogen-bond acceptors (Lipinski definition) is 2. The van der Waals surface area contributed by atoms with Gasteiger partial charge in [0.15, 0.2) is 0 Å². The van der Waals surface area contributed by atoms with Crippen LogP contribution < -0.4 is 10.6 Å². The molecule has 4 nitrogen and oxygen atoms in total. The zero-order valence-corrected chi connectivity index (χ0v) is 23.2. The van der Waals surface area contributed by atoms with Crippen molar-refractivity contribution in [2.45, 2.75) is 63.6 Å². The first-order chi connectivity index (χ1) is 19.7. The van der Waals surface area contributed by atoms with Gasteiger partial charge in [-0.25, -0.2) is 0 Å². The zero-order chi connectivity index (χ0) is 32.5. The molecule has 0 heterocycles. The summed E-state index contributed by atoms with van der Waals surface area (Å²) in [7, 11) is 0. The Bertz CT molecular complexity index is 1440. The second-order valence-electron chi connectivity index (χ2n) is 10.5. The summed E-state index contributed by atoms with van der Waals surface area (Å²) in [6.07, 6.45) is -16.6. The minimum absolute atomic E-state index is 0.155. The summed E-state index contributed by atoms with van der Waals surface area (Å²) in [5.41, 5.74) is -8.61. The molecule has 3 aromatic rings. The fourth-order valence-corrected chi connectivity index (χ4v) is 4.49. The normalized spacial score (nSPS) is 12.9. The molecule has 13 heteroatoms. The van der Waals surface area contributed by atoms with Crippen LogP contribution in [0.4, 0.5) is 45.2 Å². The zero-order valence-electron chi connectivity index (χ0n) is 23.2. The van der Waals surface area contributed by atoms with Gasteiger partial charge < -0.3 is 10.6 Å². The summed E-state index contributed by atoms with van der Waals surface area (Å²) in [5.74, 6) is -2.10. The van der Waals surface area contributed by atoms with Gasteiger partial charge in [-0.15, -0.1) is 0 Å². The van der Waals surface area contributed by atoms with Crippen LogP contribution in [0.25, 0.3) is 0 Å². The number of hydrogen-bond donors (Lipinski definition) is 2. The molecule has 0 unspecified atom stereocenters. The van der Waals surface area contributed by atoms with Crippen LogP contribution in [-0.4, -0.2) is 30.2 Å². The lowest BCUT2D eigenvalue weighted by atomic mass is 9.72. The number of halogens is 9. The van der Waals surface area contributed by atoms with Crippen molar-refractivity contribution in [3.63, 3.8) is 0 Å². The average Bonchev–Trinajstić information content (AvgIpc) is 2.87. The molecule has 0 aliphatic rings. The number of rotatable bonds is 7. The fraction of sp³-hybridized carbons (Fsp3) is 0.333. The van der Waals surface area contributed by atoms with Crippen molar-refractivity contribution in [3.05, 3.63) is 100 Å². The second kappa shape index (κ2) is 11.9. The maximum atomic E-state index is 14.5. The van der Waals surface area contributed by atoms with E-state index in [1.165, 1.54) is 6.07 Å². The standard InChI is InChI=1S/C30H27F9N2O2/c1-16(2)20-13-23(28(31,32)33)15-24(14-20)41-26(43)19-7-11-22(12-8-19)27(29(34,35)36,30(37,38)39)21-9-5-18(6-10-21)25(42)40-17(3)4/h5-17H,1-4H3,(H,40,42)(H,41,43). The number of amides is 2. The van der Waals surface area contributed by atoms with Gasteiger partial charge in [0.05, 0.1) is 5.56 Å². The van der Waals surface area contributed by atoms with Gasteiger partial charge in [-0.05, 0) is 78.9 Å². The van der Waals surface area contributed by atoms with Gasteiger partial charge in [0.1, 0.15) is 0 Å². The Kier molecular flexibility index (Phi) is 9.28. The molecule has 3 aromatic carbocycles. The van der Waals surface area contributed by atoms with Crippen molar-refractivity contribution in [1.82, 2.24) is 5.32 Å². The van der Waals surface area contributed by atoms with Gasteiger partial charge in [-0.1, -0.05) is 38.1 Å². The van der Waals surface area contributed by atoms with Crippen LogP contribution in [0.15, 0.2) is 66.7 Å². The lowest BCUT2D eigenvalue weighted by Crippen LogP contribution is -2.54. The Hall–Kier alpha value is -4.03. The van der Waals surface area contributed by atoms with Gasteiger partial charge >= 0.3 is 18.5 Å². The predicted octanol–water partition coefficient (Wildman–Crippen LogP) is 8.63. The summed E-state index contributed by atoms with van der Waals surface area (Å²) in [6, 6.07) is 7.77. The highest BCUT2D eigenvalue weighted by molar-refractivity contribution is 6.04. The Morgan fingerprint density at radius 3 is 1.42 bits per heavy atom. The molecule has 0 atom stereocenters. The van der Waals surface area contributed by atoms with Crippen LogP contribution in [0.1, 0.15) is 76.6 Å². The minimum Gasteiger partial charge on any atom is -0.350 e. The summed E-state index contributed by atoms with van der Waals surface area (Å²) >= 11 is 0. The van der Waals surface area contributed by atoms with Crippen LogP contribution in [0.3, 0.4) is 0 Å². The molecule has 0 saturated heterocycles. The molecule has 0 aliphatic carbocycles. The Morgan fingerprint density at radius 2 is 1.05 bits per heavy atom. The first-order valence-electron chi connectivity index (χ1n) is 12.9. The first kappa shape index (κ1) is 33.5. The number of anilines is 1. The maximum absolute atomic E-state index is 14.5. The molecule has 232 valence electrons. The van der Waals surface area contributed by atoms with E-state index >= 15 is 0 Å². The monoisotopic (exact) mass is 618 g/mol. The van der Waals surface area contributed by atoms with Gasteiger partial charge in [0, 0.05) is 22.9 Å². The van der Waals surface area contributed by atoms with Crippen LogP contribution in [0, 0.1) is 0 Å². The lowest BCUT2D eigenvalue weighted by molar-refractivity contribution is -0.288. The van der Waals surface area contributed by atoms with Crippen molar-refractivity contribution in [2.75, 3.05) is 5.32 Å². The number of alkyl halides is 9. The maximum Gasteiger partial charge on any atom is 0.416 e. The molecule has 43 heavy (non-hydrogen) atoms. The highest BCUT2D eigenvalue weighted by atomic mass is 19.4. The third kappa shape index (κ3) is 6.97. The smallest absolute Gasteiger partial charge is 0.350 e. The average molecular weight is 619 g/mol. The van der Waals surface area contributed by atoms with Crippen LogP contribution >= 0.6 is 0 Å². The van der Waals surface area contributed by atoms with Crippen LogP contribution in [0.5, 0.6) is 0 Å². The molecule has 0 spiro atoms. The second-order valence-corrected chi connectivity index (χ2v) is 10.5. The Balaban J connectivity index is 2.04. The molecule has 2 N–H and O–H groups in total. The number of nitrogens with one attached hydrogen (secondary N) is 2. The Labute approximate surface area is 241 Å². The highest BCUT2D eigenvalue weighted by Gasteiger charge is 2.72. The lowest BCUT2D eigenvalue weighted by Gasteiger charge is -2.38. The van der Waals surface area contributed by atoms with Gasteiger partial charge in [-0.2, -0.15) is 39.5 Å². The molecule has 2 amide bonds. The van der Waals surface area contributed by atoms with E-state index in [1.807, 2.05) is 0 Å². The van der Waals surface area contributed by atoms with E-state index in [0.29, 0.717) is 30.3 Å². The molecular weight excluding hydrogens is 591 g/mol. The third-order valence-corrected chi connectivity index (χ3v) is 6.64. The molecule has 0 fully saturated rings. The molecule has 0 saturated carbocycles. The van der Waals surface area contributed by atoms with E-state index in [4.69, 9.17) is 0 Å². The van der Waals surface area contributed by atoms with Crippen molar-refractivity contribution in [2.24, 2.45) is 0 Å².